The van der Waals surface area contributed by atoms with Gasteiger partial charge in [0.25, 0.3) is 0 Å². The van der Waals surface area contributed by atoms with Crippen molar-refractivity contribution < 1.29 is 9.84 Å². The first kappa shape index (κ1) is 15.3. The molecule has 0 spiro atoms. The molecule has 0 saturated heterocycles. The van der Waals surface area contributed by atoms with Gasteiger partial charge >= 0.3 is 0 Å². The molecular formula is C14H22ClNO2. The average Bonchev–Trinajstić information content (AvgIpc) is 2.32. The zero-order chi connectivity index (χ0) is 13.9. The summed E-state index contributed by atoms with van der Waals surface area (Å²) in [5.74, 6) is 0.687. The molecule has 0 heterocycles. The van der Waals surface area contributed by atoms with Crippen LogP contribution in [0.15, 0.2) is 6.07 Å². The largest absolute Gasteiger partial charge is 0.496 e. The quantitative estimate of drug-likeness (QED) is 0.865. The molecular weight excluding hydrogens is 250 g/mol. The van der Waals surface area contributed by atoms with Gasteiger partial charge in [-0.25, -0.2) is 0 Å². The van der Waals surface area contributed by atoms with Gasteiger partial charge in [-0.2, -0.15) is 0 Å². The first-order valence-corrected chi connectivity index (χ1v) is 6.51. The fourth-order valence-electron chi connectivity index (χ4n) is 1.97. The normalized spacial score (nSPS) is 12.9. The zero-order valence-corrected chi connectivity index (χ0v) is 12.4. The van der Waals surface area contributed by atoms with E-state index >= 15 is 0 Å². The molecule has 1 unspecified atom stereocenters. The third kappa shape index (κ3) is 3.37. The predicted molar refractivity (Wildman–Crippen MR) is 75.6 cm³/mol. The summed E-state index contributed by atoms with van der Waals surface area (Å²) in [4.78, 5) is 0. The summed E-state index contributed by atoms with van der Waals surface area (Å²) in [6.45, 7) is 8.40. The number of nitrogens with one attached hydrogen (secondary N) is 1. The molecule has 2 N–H and O–H groups in total. The van der Waals surface area contributed by atoms with Gasteiger partial charge in [0.2, 0.25) is 0 Å². The lowest BCUT2D eigenvalue weighted by atomic mass is 9.99. The zero-order valence-electron chi connectivity index (χ0n) is 11.7. The minimum Gasteiger partial charge on any atom is -0.496 e. The van der Waals surface area contributed by atoms with Crippen LogP contribution in [0.3, 0.4) is 0 Å². The molecule has 1 aromatic carbocycles. The Kier molecular flexibility index (Phi) is 5.45. The molecule has 0 aliphatic rings. The maximum atomic E-state index is 10.3. The second kappa shape index (κ2) is 6.41. The molecule has 0 aliphatic carbocycles. The van der Waals surface area contributed by atoms with Crippen molar-refractivity contribution in [1.82, 2.24) is 5.32 Å². The maximum Gasteiger partial charge on any atom is 0.125 e. The van der Waals surface area contributed by atoms with E-state index in [1.54, 1.807) is 7.11 Å². The molecule has 4 heteroatoms. The van der Waals surface area contributed by atoms with Gasteiger partial charge in [0.05, 0.1) is 13.2 Å². The fourth-order valence-corrected chi connectivity index (χ4v) is 2.13. The van der Waals surface area contributed by atoms with Crippen molar-refractivity contribution in [3.05, 3.63) is 27.8 Å². The van der Waals surface area contributed by atoms with E-state index in [-0.39, 0.29) is 0 Å². The molecule has 1 aromatic rings. The molecule has 0 aliphatic heterocycles. The summed E-state index contributed by atoms with van der Waals surface area (Å²) in [7, 11) is 1.61. The lowest BCUT2D eigenvalue weighted by Crippen LogP contribution is -2.28. The van der Waals surface area contributed by atoms with Crippen molar-refractivity contribution in [3.63, 3.8) is 0 Å². The number of aryl methyl sites for hydroxylation is 1. The Morgan fingerprint density at radius 2 is 2.00 bits per heavy atom. The lowest BCUT2D eigenvalue weighted by Gasteiger charge is -2.21. The molecule has 3 nitrogen and oxygen atoms in total. The summed E-state index contributed by atoms with van der Waals surface area (Å²) in [6.07, 6.45) is -0.625. The van der Waals surface area contributed by atoms with Crippen molar-refractivity contribution >= 4 is 11.6 Å². The van der Waals surface area contributed by atoms with Gasteiger partial charge in [-0.05, 0) is 31.0 Å². The van der Waals surface area contributed by atoms with Crippen LogP contribution in [-0.4, -0.2) is 24.8 Å². The van der Waals surface area contributed by atoms with Crippen LogP contribution in [0.1, 0.15) is 36.6 Å². The highest BCUT2D eigenvalue weighted by Crippen LogP contribution is 2.35. The maximum absolute atomic E-state index is 10.3. The molecule has 0 radical (unpaired) electrons. The summed E-state index contributed by atoms with van der Waals surface area (Å²) in [6, 6.07) is 2.19. The van der Waals surface area contributed by atoms with Gasteiger partial charge in [0.1, 0.15) is 5.75 Å². The number of aliphatic hydroxyl groups excluding tert-OH is 1. The van der Waals surface area contributed by atoms with Crippen LogP contribution >= 0.6 is 11.6 Å². The Balaban J connectivity index is 3.09. The lowest BCUT2D eigenvalue weighted by molar-refractivity contribution is 0.167. The van der Waals surface area contributed by atoms with E-state index in [9.17, 15) is 5.11 Å². The van der Waals surface area contributed by atoms with Gasteiger partial charge in [-0.1, -0.05) is 25.4 Å². The van der Waals surface area contributed by atoms with E-state index in [0.29, 0.717) is 23.4 Å². The third-order valence-corrected chi connectivity index (χ3v) is 3.55. The summed E-state index contributed by atoms with van der Waals surface area (Å²) in [5.41, 5.74) is 2.60. The fraction of sp³-hybridized carbons (Fsp3) is 0.571. The molecule has 1 rings (SSSR count). The van der Waals surface area contributed by atoms with Gasteiger partial charge < -0.3 is 15.2 Å². The standard InChI is InChI=1S/C14H22ClNO2/c1-8(2)16-7-11(17)13-10(4)14(15)9(3)6-12(13)18-5/h6,8,11,16-17H,7H2,1-5H3. The molecule has 18 heavy (non-hydrogen) atoms. The molecule has 0 saturated carbocycles. The second-order valence-corrected chi connectivity index (χ2v) is 5.21. The number of rotatable bonds is 5. The highest BCUT2D eigenvalue weighted by Gasteiger charge is 2.19. The van der Waals surface area contributed by atoms with Crippen LogP contribution in [0.5, 0.6) is 5.75 Å². The van der Waals surface area contributed by atoms with Crippen LogP contribution in [0.25, 0.3) is 0 Å². The van der Waals surface area contributed by atoms with E-state index < -0.39 is 6.10 Å². The van der Waals surface area contributed by atoms with Gasteiger partial charge in [0, 0.05) is 23.2 Å². The van der Waals surface area contributed by atoms with Gasteiger partial charge in [-0.15, -0.1) is 0 Å². The monoisotopic (exact) mass is 271 g/mol. The van der Waals surface area contributed by atoms with E-state index in [1.165, 1.54) is 0 Å². The number of methoxy groups -OCH3 is 1. The molecule has 1 atom stereocenters. The van der Waals surface area contributed by atoms with Crippen LogP contribution in [0.4, 0.5) is 0 Å². The summed E-state index contributed by atoms with van der Waals surface area (Å²) >= 11 is 6.23. The van der Waals surface area contributed by atoms with E-state index in [0.717, 1.165) is 16.7 Å². The molecule has 0 aromatic heterocycles. The number of ether oxygens (including phenoxy) is 1. The number of hydrogen-bond acceptors (Lipinski definition) is 3. The van der Waals surface area contributed by atoms with Crippen molar-refractivity contribution in [1.29, 1.82) is 0 Å². The Morgan fingerprint density at radius 1 is 1.39 bits per heavy atom. The Bertz CT molecular complexity index is 419. The smallest absolute Gasteiger partial charge is 0.125 e. The molecule has 0 amide bonds. The average molecular weight is 272 g/mol. The third-order valence-electron chi connectivity index (χ3n) is 2.97. The van der Waals surface area contributed by atoms with Crippen molar-refractivity contribution in [2.24, 2.45) is 0 Å². The van der Waals surface area contributed by atoms with E-state index in [1.807, 2.05) is 33.8 Å². The number of hydrogen-bond donors (Lipinski definition) is 2. The first-order chi connectivity index (χ1) is 8.38. The summed E-state index contributed by atoms with van der Waals surface area (Å²) < 4.78 is 5.34. The van der Waals surface area contributed by atoms with Crippen LogP contribution in [0, 0.1) is 13.8 Å². The second-order valence-electron chi connectivity index (χ2n) is 4.83. The summed E-state index contributed by atoms with van der Waals surface area (Å²) in [5, 5.41) is 14.2. The molecule has 102 valence electrons. The van der Waals surface area contributed by atoms with Gasteiger partial charge in [0.15, 0.2) is 0 Å². The Morgan fingerprint density at radius 3 is 2.50 bits per heavy atom. The van der Waals surface area contributed by atoms with E-state index in [4.69, 9.17) is 16.3 Å². The number of aliphatic hydroxyl groups is 1. The van der Waals surface area contributed by atoms with Crippen LogP contribution in [-0.2, 0) is 0 Å². The van der Waals surface area contributed by atoms with Crippen molar-refractivity contribution in [2.75, 3.05) is 13.7 Å². The molecule has 0 fully saturated rings. The Hall–Kier alpha value is -0.770. The minimum atomic E-state index is -0.625. The highest BCUT2D eigenvalue weighted by atomic mass is 35.5. The van der Waals surface area contributed by atoms with Crippen molar-refractivity contribution in [3.8, 4) is 5.75 Å². The van der Waals surface area contributed by atoms with Gasteiger partial charge in [-0.3, -0.25) is 0 Å². The number of halogens is 1. The highest BCUT2D eigenvalue weighted by molar-refractivity contribution is 6.32. The minimum absolute atomic E-state index is 0.326. The Labute approximate surface area is 114 Å². The van der Waals surface area contributed by atoms with E-state index in [2.05, 4.69) is 5.32 Å². The first-order valence-electron chi connectivity index (χ1n) is 6.13. The SMILES string of the molecule is COc1cc(C)c(Cl)c(C)c1C(O)CNC(C)C. The topological polar surface area (TPSA) is 41.5 Å². The molecule has 0 bridgehead atoms. The van der Waals surface area contributed by atoms with Crippen molar-refractivity contribution in [2.45, 2.75) is 39.8 Å². The predicted octanol–water partition coefficient (Wildman–Crippen LogP) is 3.00. The van der Waals surface area contributed by atoms with Crippen LogP contribution in [0.2, 0.25) is 5.02 Å². The van der Waals surface area contributed by atoms with Crippen LogP contribution < -0.4 is 10.1 Å². The number of benzene rings is 1.